The Labute approximate surface area is 160 Å². The molecule has 1 aliphatic heterocycles. The standard InChI is InChI=1S/C23H26N2O2/c1-18-7-8-22-21(17-18)23(24-27-22)26-16-12-20-10-14-25(15-11-20)13-9-19-5-3-2-4-6-19/h2-9,13,17,20H,10-12,14-16H2,1H3/b13-9+. The van der Waals surface area contributed by atoms with E-state index >= 15 is 0 Å². The van der Waals surface area contributed by atoms with Crippen molar-refractivity contribution in [2.75, 3.05) is 19.7 Å². The molecule has 27 heavy (non-hydrogen) atoms. The lowest BCUT2D eigenvalue weighted by atomic mass is 9.94. The van der Waals surface area contributed by atoms with Gasteiger partial charge in [-0.15, -0.1) is 0 Å². The van der Waals surface area contributed by atoms with Gasteiger partial charge in [0.05, 0.1) is 12.0 Å². The molecular weight excluding hydrogens is 336 g/mol. The molecule has 2 aromatic carbocycles. The van der Waals surface area contributed by atoms with Crippen molar-refractivity contribution in [1.82, 2.24) is 10.1 Å². The van der Waals surface area contributed by atoms with Crippen molar-refractivity contribution in [3.05, 3.63) is 65.9 Å². The third kappa shape index (κ3) is 4.51. The Morgan fingerprint density at radius 2 is 1.96 bits per heavy atom. The second-order valence-corrected chi connectivity index (χ2v) is 7.33. The monoisotopic (exact) mass is 362 g/mol. The van der Waals surface area contributed by atoms with Crippen molar-refractivity contribution in [1.29, 1.82) is 0 Å². The van der Waals surface area contributed by atoms with Crippen LogP contribution in [0.3, 0.4) is 0 Å². The second-order valence-electron chi connectivity index (χ2n) is 7.33. The van der Waals surface area contributed by atoms with Crippen molar-refractivity contribution >= 4 is 17.0 Å². The van der Waals surface area contributed by atoms with Gasteiger partial charge in [-0.05, 0) is 67.2 Å². The van der Waals surface area contributed by atoms with E-state index in [1.54, 1.807) is 0 Å². The van der Waals surface area contributed by atoms with Crippen molar-refractivity contribution < 1.29 is 9.26 Å². The van der Waals surface area contributed by atoms with Crippen LogP contribution in [-0.4, -0.2) is 29.8 Å². The summed E-state index contributed by atoms with van der Waals surface area (Å²) in [6.07, 6.45) is 7.91. The van der Waals surface area contributed by atoms with E-state index in [0.29, 0.717) is 18.4 Å². The zero-order chi connectivity index (χ0) is 18.5. The SMILES string of the molecule is Cc1ccc2onc(OCCC3CCN(/C=C/c4ccccc4)CC3)c2c1. The maximum atomic E-state index is 5.92. The van der Waals surface area contributed by atoms with Crippen LogP contribution in [0, 0.1) is 12.8 Å². The molecule has 140 valence electrons. The fourth-order valence-electron chi connectivity index (χ4n) is 3.60. The highest BCUT2D eigenvalue weighted by Gasteiger charge is 2.18. The summed E-state index contributed by atoms with van der Waals surface area (Å²) in [6, 6.07) is 16.5. The van der Waals surface area contributed by atoms with Crippen LogP contribution in [0.2, 0.25) is 0 Å². The van der Waals surface area contributed by atoms with E-state index in [-0.39, 0.29) is 0 Å². The van der Waals surface area contributed by atoms with Crippen LogP contribution < -0.4 is 4.74 Å². The molecule has 0 aliphatic carbocycles. The first-order valence-corrected chi connectivity index (χ1v) is 9.74. The molecule has 1 fully saturated rings. The maximum Gasteiger partial charge on any atom is 0.262 e. The molecule has 0 saturated carbocycles. The molecule has 4 rings (SSSR count). The Bertz CT molecular complexity index is 893. The molecule has 0 amide bonds. The Kier molecular flexibility index (Phi) is 5.42. The minimum atomic E-state index is 0.622. The minimum absolute atomic E-state index is 0.622. The van der Waals surface area contributed by atoms with E-state index < -0.39 is 0 Å². The number of aryl methyl sites for hydroxylation is 1. The molecule has 2 heterocycles. The van der Waals surface area contributed by atoms with Gasteiger partial charge in [0.15, 0.2) is 5.58 Å². The highest BCUT2D eigenvalue weighted by atomic mass is 16.5. The number of hydrogen-bond acceptors (Lipinski definition) is 4. The second kappa shape index (κ2) is 8.30. The number of aromatic nitrogens is 1. The number of nitrogens with zero attached hydrogens (tertiary/aromatic N) is 2. The first-order valence-electron chi connectivity index (χ1n) is 9.74. The zero-order valence-electron chi connectivity index (χ0n) is 15.8. The van der Waals surface area contributed by atoms with Gasteiger partial charge in [0.2, 0.25) is 0 Å². The summed E-state index contributed by atoms with van der Waals surface area (Å²) in [7, 11) is 0. The van der Waals surface area contributed by atoms with Gasteiger partial charge in [-0.3, -0.25) is 0 Å². The van der Waals surface area contributed by atoms with Crippen LogP contribution in [0.15, 0.2) is 59.3 Å². The molecule has 1 saturated heterocycles. The lowest BCUT2D eigenvalue weighted by Crippen LogP contribution is -2.30. The van der Waals surface area contributed by atoms with Crippen molar-refractivity contribution in [3.63, 3.8) is 0 Å². The third-order valence-electron chi connectivity index (χ3n) is 5.28. The average molecular weight is 362 g/mol. The molecule has 0 atom stereocenters. The van der Waals surface area contributed by atoms with Crippen LogP contribution in [0.5, 0.6) is 5.88 Å². The van der Waals surface area contributed by atoms with E-state index in [2.05, 4.69) is 59.6 Å². The first-order chi connectivity index (χ1) is 13.3. The van der Waals surface area contributed by atoms with Gasteiger partial charge in [0.1, 0.15) is 0 Å². The largest absolute Gasteiger partial charge is 0.475 e. The molecule has 3 aromatic rings. The Balaban J connectivity index is 1.22. The molecule has 0 bridgehead atoms. The van der Waals surface area contributed by atoms with E-state index in [9.17, 15) is 0 Å². The van der Waals surface area contributed by atoms with Gasteiger partial charge in [0, 0.05) is 13.1 Å². The van der Waals surface area contributed by atoms with E-state index in [0.717, 1.165) is 30.5 Å². The molecule has 4 nitrogen and oxygen atoms in total. The summed E-state index contributed by atoms with van der Waals surface area (Å²) in [4.78, 5) is 2.41. The predicted molar refractivity (Wildman–Crippen MR) is 109 cm³/mol. The Morgan fingerprint density at radius 1 is 1.15 bits per heavy atom. The van der Waals surface area contributed by atoms with Crippen LogP contribution in [0.4, 0.5) is 0 Å². The fraction of sp³-hybridized carbons (Fsp3) is 0.348. The average Bonchev–Trinajstić information content (AvgIpc) is 3.10. The summed E-state index contributed by atoms with van der Waals surface area (Å²) < 4.78 is 11.3. The number of piperidine rings is 1. The van der Waals surface area contributed by atoms with E-state index in [1.165, 1.54) is 24.0 Å². The minimum Gasteiger partial charge on any atom is -0.475 e. The van der Waals surface area contributed by atoms with E-state index in [1.807, 2.05) is 18.2 Å². The summed E-state index contributed by atoms with van der Waals surface area (Å²) in [5.41, 5.74) is 3.23. The summed E-state index contributed by atoms with van der Waals surface area (Å²) >= 11 is 0. The number of rotatable bonds is 6. The molecule has 0 N–H and O–H groups in total. The zero-order valence-corrected chi connectivity index (χ0v) is 15.8. The predicted octanol–water partition coefficient (Wildman–Crippen LogP) is 5.29. The van der Waals surface area contributed by atoms with Crippen LogP contribution in [0.1, 0.15) is 30.4 Å². The van der Waals surface area contributed by atoms with Crippen LogP contribution in [0.25, 0.3) is 17.0 Å². The lowest BCUT2D eigenvalue weighted by Gasteiger charge is -2.31. The molecular formula is C23H26N2O2. The number of fused-ring (bicyclic) bond motifs is 1. The quantitative estimate of drug-likeness (QED) is 0.597. The van der Waals surface area contributed by atoms with Gasteiger partial charge in [-0.25, -0.2) is 0 Å². The number of ether oxygens (including phenoxy) is 1. The van der Waals surface area contributed by atoms with Gasteiger partial charge < -0.3 is 14.2 Å². The molecule has 0 radical (unpaired) electrons. The number of likely N-dealkylation sites (tertiary alicyclic amines) is 1. The van der Waals surface area contributed by atoms with Crippen molar-refractivity contribution in [2.24, 2.45) is 5.92 Å². The molecule has 4 heteroatoms. The molecule has 1 aromatic heterocycles. The van der Waals surface area contributed by atoms with Crippen LogP contribution >= 0.6 is 0 Å². The van der Waals surface area contributed by atoms with Crippen LogP contribution in [-0.2, 0) is 0 Å². The van der Waals surface area contributed by atoms with Crippen molar-refractivity contribution in [3.8, 4) is 5.88 Å². The third-order valence-corrected chi connectivity index (χ3v) is 5.28. The van der Waals surface area contributed by atoms with Gasteiger partial charge in [-0.2, -0.15) is 0 Å². The smallest absolute Gasteiger partial charge is 0.262 e. The summed E-state index contributed by atoms with van der Waals surface area (Å²) in [6.45, 7) is 4.98. The van der Waals surface area contributed by atoms with Gasteiger partial charge in [0.25, 0.3) is 5.88 Å². The highest BCUT2D eigenvalue weighted by Crippen LogP contribution is 2.27. The van der Waals surface area contributed by atoms with Gasteiger partial charge in [-0.1, -0.05) is 42.0 Å². The van der Waals surface area contributed by atoms with E-state index in [4.69, 9.17) is 9.26 Å². The normalized spacial score (nSPS) is 15.7. The molecule has 1 aliphatic rings. The first kappa shape index (κ1) is 17.7. The maximum absolute atomic E-state index is 5.92. The topological polar surface area (TPSA) is 38.5 Å². The lowest BCUT2D eigenvalue weighted by molar-refractivity contribution is 0.197. The summed E-state index contributed by atoms with van der Waals surface area (Å²) in [5.74, 6) is 1.34. The Morgan fingerprint density at radius 3 is 2.78 bits per heavy atom. The van der Waals surface area contributed by atoms with Gasteiger partial charge >= 0.3 is 0 Å². The fourth-order valence-corrected chi connectivity index (χ4v) is 3.60. The summed E-state index contributed by atoms with van der Waals surface area (Å²) in [5, 5.41) is 5.04. The highest BCUT2D eigenvalue weighted by molar-refractivity contribution is 5.82. The molecule has 0 spiro atoms. The number of benzene rings is 2. The number of hydrogen-bond donors (Lipinski definition) is 0. The Hall–Kier alpha value is -2.75. The molecule has 0 unspecified atom stereocenters. The van der Waals surface area contributed by atoms with Crippen molar-refractivity contribution in [2.45, 2.75) is 26.2 Å².